The second-order valence-electron chi connectivity index (χ2n) is 2.96. The van der Waals surface area contributed by atoms with E-state index in [0.29, 0.717) is 0 Å². The molecule has 0 aromatic heterocycles. The van der Waals surface area contributed by atoms with Crippen LogP contribution in [0.2, 0.25) is 0 Å². The first kappa shape index (κ1) is 5.28. The molecular formula is C9H12. The molecule has 1 fully saturated rings. The van der Waals surface area contributed by atoms with Crippen molar-refractivity contribution in [2.24, 2.45) is 0 Å². The molecule has 3 aliphatic carbocycles. The Morgan fingerprint density at radius 2 is 1.22 bits per heavy atom. The van der Waals surface area contributed by atoms with Crippen LogP contribution in [0.4, 0.5) is 0 Å². The first-order chi connectivity index (χ1) is 4.45. The molecule has 3 rings (SSSR count). The third kappa shape index (κ3) is 0.937. The van der Waals surface area contributed by atoms with Gasteiger partial charge in [0.05, 0.1) is 0 Å². The summed E-state index contributed by atoms with van der Waals surface area (Å²) in [6.45, 7) is 0. The first-order valence-electron chi connectivity index (χ1n) is 3.81. The molecule has 48 valence electrons. The third-order valence-corrected chi connectivity index (χ3v) is 2.35. The van der Waals surface area contributed by atoms with Crippen molar-refractivity contribution in [2.45, 2.75) is 32.1 Å². The zero-order valence-corrected chi connectivity index (χ0v) is 5.69. The van der Waals surface area contributed by atoms with E-state index in [0.717, 1.165) is 0 Å². The molecule has 0 aromatic carbocycles. The zero-order valence-electron chi connectivity index (χ0n) is 5.69. The van der Waals surface area contributed by atoms with Crippen LogP contribution in [0.5, 0.6) is 0 Å². The van der Waals surface area contributed by atoms with Gasteiger partial charge in [0.15, 0.2) is 0 Å². The number of fused-ring (bicyclic) bond motifs is 4. The fourth-order valence-corrected chi connectivity index (χ4v) is 1.69. The van der Waals surface area contributed by atoms with Crippen molar-refractivity contribution in [3.8, 4) is 0 Å². The van der Waals surface area contributed by atoms with Crippen LogP contribution in [0.15, 0.2) is 23.3 Å². The normalized spacial score (nSPS) is 24.9. The summed E-state index contributed by atoms with van der Waals surface area (Å²) >= 11 is 0. The zero-order chi connectivity index (χ0) is 6.10. The van der Waals surface area contributed by atoms with Crippen molar-refractivity contribution >= 4 is 0 Å². The van der Waals surface area contributed by atoms with Gasteiger partial charge < -0.3 is 0 Å². The summed E-state index contributed by atoms with van der Waals surface area (Å²) in [5.74, 6) is 0. The Hall–Kier alpha value is -0.520. The van der Waals surface area contributed by atoms with Crippen molar-refractivity contribution in [2.75, 3.05) is 0 Å². The SMILES string of the molecule is C1=C2CCC(=CC1)CC2. The summed E-state index contributed by atoms with van der Waals surface area (Å²) in [5, 5.41) is 0. The average molecular weight is 120 g/mol. The fraction of sp³-hybridized carbons (Fsp3) is 0.556. The highest BCUT2D eigenvalue weighted by molar-refractivity contribution is 5.21. The Morgan fingerprint density at radius 1 is 0.778 bits per heavy atom. The highest BCUT2D eigenvalue weighted by Crippen LogP contribution is 2.30. The van der Waals surface area contributed by atoms with Gasteiger partial charge in [-0.2, -0.15) is 0 Å². The Labute approximate surface area is 56.3 Å². The maximum absolute atomic E-state index is 2.40. The summed E-state index contributed by atoms with van der Waals surface area (Å²) in [7, 11) is 0. The van der Waals surface area contributed by atoms with Crippen LogP contribution in [0.3, 0.4) is 0 Å². The molecule has 0 aliphatic heterocycles. The standard InChI is InChI=1S/C9H12/c1-2-8-4-6-9(3-1)7-5-8/h2-3H,1,4-7H2. The van der Waals surface area contributed by atoms with Crippen LogP contribution in [0.1, 0.15) is 32.1 Å². The lowest BCUT2D eigenvalue weighted by Gasteiger charge is -2.13. The topological polar surface area (TPSA) is 0 Å². The predicted octanol–water partition coefficient (Wildman–Crippen LogP) is 2.82. The predicted molar refractivity (Wildman–Crippen MR) is 39.3 cm³/mol. The molecule has 9 heavy (non-hydrogen) atoms. The second-order valence-corrected chi connectivity index (χ2v) is 2.96. The molecule has 0 radical (unpaired) electrons. The van der Waals surface area contributed by atoms with E-state index < -0.39 is 0 Å². The van der Waals surface area contributed by atoms with Gasteiger partial charge in [0, 0.05) is 0 Å². The number of hydrogen-bond donors (Lipinski definition) is 0. The minimum Gasteiger partial charge on any atom is -0.0815 e. The molecule has 0 amide bonds. The van der Waals surface area contributed by atoms with E-state index in [9.17, 15) is 0 Å². The number of rotatable bonds is 0. The Balaban J connectivity index is 2.30. The van der Waals surface area contributed by atoms with E-state index in [-0.39, 0.29) is 0 Å². The molecule has 0 heterocycles. The van der Waals surface area contributed by atoms with Crippen molar-refractivity contribution in [3.05, 3.63) is 23.3 Å². The van der Waals surface area contributed by atoms with Crippen LogP contribution in [-0.4, -0.2) is 0 Å². The van der Waals surface area contributed by atoms with Crippen molar-refractivity contribution in [1.82, 2.24) is 0 Å². The van der Waals surface area contributed by atoms with Crippen molar-refractivity contribution in [3.63, 3.8) is 0 Å². The van der Waals surface area contributed by atoms with E-state index in [1.807, 2.05) is 0 Å². The molecule has 0 heteroatoms. The lowest BCUT2D eigenvalue weighted by molar-refractivity contribution is 0.735. The molecule has 2 bridgehead atoms. The summed E-state index contributed by atoms with van der Waals surface area (Å²) in [6, 6.07) is 0. The maximum Gasteiger partial charge on any atom is -0.0164 e. The Bertz CT molecular complexity index is 140. The molecule has 0 atom stereocenters. The average Bonchev–Trinajstić information content (AvgIpc) is 2.21. The summed E-state index contributed by atoms with van der Waals surface area (Å²) in [5.41, 5.74) is 3.40. The monoisotopic (exact) mass is 120 g/mol. The van der Waals surface area contributed by atoms with E-state index in [4.69, 9.17) is 0 Å². The van der Waals surface area contributed by atoms with Crippen molar-refractivity contribution < 1.29 is 0 Å². The minimum atomic E-state index is 1.21. The third-order valence-electron chi connectivity index (χ3n) is 2.35. The fourth-order valence-electron chi connectivity index (χ4n) is 1.69. The molecule has 1 saturated carbocycles. The second kappa shape index (κ2) is 2.02. The van der Waals surface area contributed by atoms with Gasteiger partial charge in [-0.25, -0.2) is 0 Å². The van der Waals surface area contributed by atoms with Crippen LogP contribution in [0.25, 0.3) is 0 Å². The van der Waals surface area contributed by atoms with E-state index in [2.05, 4.69) is 12.2 Å². The van der Waals surface area contributed by atoms with Gasteiger partial charge in [-0.1, -0.05) is 23.3 Å². The molecular weight excluding hydrogens is 108 g/mol. The van der Waals surface area contributed by atoms with Crippen LogP contribution in [-0.2, 0) is 0 Å². The largest absolute Gasteiger partial charge is 0.0815 e. The van der Waals surface area contributed by atoms with Crippen LogP contribution >= 0.6 is 0 Å². The van der Waals surface area contributed by atoms with E-state index in [1.165, 1.54) is 32.1 Å². The van der Waals surface area contributed by atoms with Gasteiger partial charge in [-0.15, -0.1) is 0 Å². The quantitative estimate of drug-likeness (QED) is 0.431. The van der Waals surface area contributed by atoms with Gasteiger partial charge in [0.1, 0.15) is 0 Å². The molecule has 0 N–H and O–H groups in total. The number of hydrogen-bond acceptors (Lipinski definition) is 0. The lowest BCUT2D eigenvalue weighted by Crippen LogP contribution is -1.93. The Morgan fingerprint density at radius 3 is 1.67 bits per heavy atom. The molecule has 3 aliphatic rings. The van der Waals surface area contributed by atoms with Gasteiger partial charge in [0.2, 0.25) is 0 Å². The minimum absolute atomic E-state index is 1.21. The highest BCUT2D eigenvalue weighted by Gasteiger charge is 2.11. The summed E-state index contributed by atoms with van der Waals surface area (Å²) in [4.78, 5) is 0. The lowest BCUT2D eigenvalue weighted by atomic mass is 9.93. The van der Waals surface area contributed by atoms with E-state index in [1.54, 1.807) is 11.1 Å². The number of allylic oxidation sites excluding steroid dienone is 4. The van der Waals surface area contributed by atoms with Crippen LogP contribution in [0, 0.1) is 0 Å². The summed E-state index contributed by atoms with van der Waals surface area (Å²) in [6.07, 6.45) is 11.4. The molecule has 0 saturated heterocycles. The van der Waals surface area contributed by atoms with Gasteiger partial charge in [-0.3, -0.25) is 0 Å². The van der Waals surface area contributed by atoms with Crippen molar-refractivity contribution in [1.29, 1.82) is 0 Å². The molecule has 0 aromatic rings. The molecule has 0 spiro atoms. The summed E-state index contributed by atoms with van der Waals surface area (Å²) < 4.78 is 0. The van der Waals surface area contributed by atoms with Crippen LogP contribution < -0.4 is 0 Å². The maximum atomic E-state index is 2.40. The highest BCUT2D eigenvalue weighted by atomic mass is 14.2. The smallest absolute Gasteiger partial charge is 0.0164 e. The van der Waals surface area contributed by atoms with Gasteiger partial charge in [-0.05, 0) is 32.1 Å². The first-order valence-corrected chi connectivity index (χ1v) is 3.81. The Kier molecular flexibility index (Phi) is 1.18. The molecule has 0 unspecified atom stereocenters. The molecule has 0 nitrogen and oxygen atoms in total. The van der Waals surface area contributed by atoms with E-state index >= 15 is 0 Å². The van der Waals surface area contributed by atoms with Gasteiger partial charge >= 0.3 is 0 Å². The van der Waals surface area contributed by atoms with Gasteiger partial charge in [0.25, 0.3) is 0 Å².